The summed E-state index contributed by atoms with van der Waals surface area (Å²) < 4.78 is 24.0. The average Bonchev–Trinajstić information content (AvgIpc) is 3.02. The molecule has 2 aromatic rings. The zero-order valence-electron chi connectivity index (χ0n) is 17.7. The second-order valence-electron chi connectivity index (χ2n) is 6.83. The molecule has 3 rings (SSSR count). The quantitative estimate of drug-likeness (QED) is 0.578. The standard InChI is InChI=1S/C23H23FN2O5S/c1-3-31-18-8-7-16(12-19(18)30-2)13-20-22(28)26(23(29)32-20)10-9-25-21(27)14-15-5-4-6-17(24)11-15/h4-8,11-13H,3,9-10,14H2,1-2H3,(H,25,27)/b20-13-. The van der Waals surface area contributed by atoms with E-state index in [1.165, 1.54) is 25.3 Å². The molecule has 9 heteroatoms. The van der Waals surface area contributed by atoms with Crippen molar-refractivity contribution in [2.24, 2.45) is 0 Å². The fourth-order valence-electron chi connectivity index (χ4n) is 3.09. The zero-order valence-corrected chi connectivity index (χ0v) is 18.5. The minimum Gasteiger partial charge on any atom is -0.493 e. The number of hydrogen-bond donors (Lipinski definition) is 1. The fraction of sp³-hybridized carbons (Fsp3) is 0.261. The third-order valence-electron chi connectivity index (χ3n) is 4.57. The predicted molar refractivity (Wildman–Crippen MR) is 120 cm³/mol. The molecular weight excluding hydrogens is 435 g/mol. The molecular formula is C23H23FN2O5S. The highest BCUT2D eigenvalue weighted by Crippen LogP contribution is 2.34. The molecule has 0 atom stereocenters. The summed E-state index contributed by atoms with van der Waals surface area (Å²) in [6.07, 6.45) is 1.63. The van der Waals surface area contributed by atoms with Crippen LogP contribution < -0.4 is 14.8 Å². The van der Waals surface area contributed by atoms with Crippen molar-refractivity contribution >= 4 is 34.9 Å². The number of halogens is 1. The average molecular weight is 459 g/mol. The van der Waals surface area contributed by atoms with Crippen LogP contribution in [0, 0.1) is 5.82 Å². The number of amides is 3. The first-order valence-electron chi connectivity index (χ1n) is 9.98. The number of imide groups is 1. The Kier molecular flexibility index (Phi) is 7.88. The van der Waals surface area contributed by atoms with Crippen LogP contribution >= 0.6 is 11.8 Å². The molecule has 1 aliphatic rings. The van der Waals surface area contributed by atoms with E-state index in [9.17, 15) is 18.8 Å². The Morgan fingerprint density at radius 1 is 1.19 bits per heavy atom. The number of ether oxygens (including phenoxy) is 2. The fourth-order valence-corrected chi connectivity index (χ4v) is 3.96. The first-order chi connectivity index (χ1) is 15.4. The number of carbonyl (C=O) groups is 3. The highest BCUT2D eigenvalue weighted by atomic mass is 32.2. The molecule has 7 nitrogen and oxygen atoms in total. The van der Waals surface area contributed by atoms with Crippen molar-refractivity contribution in [1.82, 2.24) is 10.2 Å². The number of rotatable bonds is 9. The Morgan fingerprint density at radius 2 is 2.00 bits per heavy atom. The third-order valence-corrected chi connectivity index (χ3v) is 5.48. The lowest BCUT2D eigenvalue weighted by Crippen LogP contribution is -2.37. The first-order valence-corrected chi connectivity index (χ1v) is 10.8. The summed E-state index contributed by atoms with van der Waals surface area (Å²) in [6, 6.07) is 11.0. The molecule has 2 aromatic carbocycles. The molecule has 32 heavy (non-hydrogen) atoms. The number of carbonyl (C=O) groups excluding carboxylic acids is 3. The van der Waals surface area contributed by atoms with Gasteiger partial charge in [-0.3, -0.25) is 19.3 Å². The number of hydrogen-bond acceptors (Lipinski definition) is 6. The highest BCUT2D eigenvalue weighted by Gasteiger charge is 2.34. The van der Waals surface area contributed by atoms with E-state index in [2.05, 4.69) is 5.32 Å². The van der Waals surface area contributed by atoms with Gasteiger partial charge in [-0.2, -0.15) is 0 Å². The van der Waals surface area contributed by atoms with Crippen LogP contribution in [0.25, 0.3) is 6.08 Å². The summed E-state index contributed by atoms with van der Waals surface area (Å²) in [5, 5.41) is 2.25. The summed E-state index contributed by atoms with van der Waals surface area (Å²) in [5.74, 6) is -0.0352. The van der Waals surface area contributed by atoms with Crippen LogP contribution in [0.15, 0.2) is 47.4 Å². The van der Waals surface area contributed by atoms with Gasteiger partial charge in [-0.15, -0.1) is 0 Å². The molecule has 0 unspecified atom stereocenters. The van der Waals surface area contributed by atoms with Gasteiger partial charge in [-0.25, -0.2) is 4.39 Å². The summed E-state index contributed by atoms with van der Waals surface area (Å²) in [7, 11) is 1.53. The van der Waals surface area contributed by atoms with Gasteiger partial charge in [-0.05, 0) is 60.2 Å². The van der Waals surface area contributed by atoms with Gasteiger partial charge < -0.3 is 14.8 Å². The molecule has 0 radical (unpaired) electrons. The largest absolute Gasteiger partial charge is 0.493 e. The number of thioether (sulfide) groups is 1. The number of methoxy groups -OCH3 is 1. The van der Waals surface area contributed by atoms with Crippen molar-refractivity contribution in [3.63, 3.8) is 0 Å². The smallest absolute Gasteiger partial charge is 0.293 e. The molecule has 1 fully saturated rings. The minimum atomic E-state index is -0.424. The number of nitrogens with one attached hydrogen (secondary N) is 1. The van der Waals surface area contributed by atoms with E-state index < -0.39 is 17.0 Å². The molecule has 1 heterocycles. The maximum atomic E-state index is 13.2. The highest BCUT2D eigenvalue weighted by molar-refractivity contribution is 8.18. The summed E-state index contributed by atoms with van der Waals surface area (Å²) >= 11 is 0.840. The van der Waals surface area contributed by atoms with Crippen molar-refractivity contribution < 1.29 is 28.2 Å². The van der Waals surface area contributed by atoms with Crippen LogP contribution in [0.4, 0.5) is 9.18 Å². The normalized spacial score (nSPS) is 14.7. The Labute approximate surface area is 189 Å². The first kappa shape index (κ1) is 23.3. The molecule has 1 saturated heterocycles. The summed E-state index contributed by atoms with van der Waals surface area (Å²) in [5.41, 5.74) is 1.24. The van der Waals surface area contributed by atoms with Crippen molar-refractivity contribution in [3.8, 4) is 11.5 Å². The van der Waals surface area contributed by atoms with Crippen LogP contribution in [0.3, 0.4) is 0 Å². The van der Waals surface area contributed by atoms with E-state index in [0.717, 1.165) is 16.7 Å². The maximum Gasteiger partial charge on any atom is 0.293 e. The third kappa shape index (κ3) is 5.88. The van der Waals surface area contributed by atoms with Crippen LogP contribution in [0.1, 0.15) is 18.1 Å². The Morgan fingerprint density at radius 3 is 2.72 bits per heavy atom. The monoisotopic (exact) mass is 458 g/mol. The maximum absolute atomic E-state index is 13.2. The molecule has 1 N–H and O–H groups in total. The van der Waals surface area contributed by atoms with Gasteiger partial charge in [0.25, 0.3) is 11.1 Å². The van der Waals surface area contributed by atoms with E-state index in [0.29, 0.717) is 29.2 Å². The molecule has 0 saturated carbocycles. The lowest BCUT2D eigenvalue weighted by Gasteiger charge is -2.13. The van der Waals surface area contributed by atoms with E-state index in [-0.39, 0.29) is 30.3 Å². The molecule has 0 aliphatic carbocycles. The van der Waals surface area contributed by atoms with Gasteiger partial charge in [0.2, 0.25) is 5.91 Å². The predicted octanol–water partition coefficient (Wildman–Crippen LogP) is 3.63. The number of benzene rings is 2. The second kappa shape index (κ2) is 10.8. The topological polar surface area (TPSA) is 84.9 Å². The molecule has 0 aromatic heterocycles. The molecule has 1 aliphatic heterocycles. The molecule has 168 valence electrons. The van der Waals surface area contributed by atoms with Gasteiger partial charge in [0.15, 0.2) is 11.5 Å². The Balaban J connectivity index is 1.58. The zero-order chi connectivity index (χ0) is 23.1. The van der Waals surface area contributed by atoms with Crippen LogP contribution in [0.2, 0.25) is 0 Å². The van der Waals surface area contributed by atoms with E-state index in [4.69, 9.17) is 9.47 Å². The van der Waals surface area contributed by atoms with Crippen molar-refractivity contribution in [2.45, 2.75) is 13.3 Å². The second-order valence-corrected chi connectivity index (χ2v) is 7.83. The molecule has 0 spiro atoms. The number of nitrogens with zero attached hydrogens (tertiary/aromatic N) is 1. The van der Waals surface area contributed by atoms with Crippen LogP contribution in [0.5, 0.6) is 11.5 Å². The van der Waals surface area contributed by atoms with Gasteiger partial charge in [0, 0.05) is 13.1 Å². The summed E-state index contributed by atoms with van der Waals surface area (Å²) in [6.45, 7) is 2.51. The lowest BCUT2D eigenvalue weighted by atomic mass is 10.1. The van der Waals surface area contributed by atoms with Crippen molar-refractivity contribution in [2.75, 3.05) is 26.8 Å². The Hall–Kier alpha value is -3.33. The lowest BCUT2D eigenvalue weighted by molar-refractivity contribution is -0.124. The van der Waals surface area contributed by atoms with E-state index in [1.807, 2.05) is 6.92 Å². The van der Waals surface area contributed by atoms with Gasteiger partial charge >= 0.3 is 0 Å². The van der Waals surface area contributed by atoms with E-state index in [1.54, 1.807) is 30.3 Å². The van der Waals surface area contributed by atoms with Gasteiger partial charge in [-0.1, -0.05) is 18.2 Å². The van der Waals surface area contributed by atoms with Gasteiger partial charge in [0.1, 0.15) is 5.82 Å². The summed E-state index contributed by atoms with van der Waals surface area (Å²) in [4.78, 5) is 38.3. The van der Waals surface area contributed by atoms with Crippen LogP contribution in [-0.2, 0) is 16.0 Å². The minimum absolute atomic E-state index is 0.0130. The molecule has 0 bridgehead atoms. The van der Waals surface area contributed by atoms with Gasteiger partial charge in [0.05, 0.1) is 25.0 Å². The SMILES string of the molecule is CCOc1ccc(/C=C2\SC(=O)N(CCNC(=O)Cc3cccc(F)c3)C2=O)cc1OC. The molecule has 3 amide bonds. The Bertz CT molecular complexity index is 1060. The van der Waals surface area contributed by atoms with Crippen molar-refractivity contribution in [3.05, 3.63) is 64.3 Å². The van der Waals surface area contributed by atoms with E-state index >= 15 is 0 Å². The van der Waals surface area contributed by atoms with Crippen molar-refractivity contribution in [1.29, 1.82) is 0 Å². The van der Waals surface area contributed by atoms with Crippen LogP contribution in [-0.4, -0.2) is 48.8 Å².